The molecule has 1 heterocycles. The molecule has 0 unspecified atom stereocenters. The molecule has 0 spiro atoms. The van der Waals surface area contributed by atoms with Crippen LogP contribution in [0, 0.1) is 11.3 Å². The Balaban J connectivity index is 2.06. The fourth-order valence-corrected chi connectivity index (χ4v) is 3.70. The van der Waals surface area contributed by atoms with Crippen LogP contribution < -0.4 is 4.90 Å². The van der Waals surface area contributed by atoms with E-state index < -0.39 is 24.3 Å². The Hall–Kier alpha value is -3.92. The van der Waals surface area contributed by atoms with Crippen LogP contribution in [0.1, 0.15) is 26.3 Å². The molecule has 1 aliphatic rings. The maximum absolute atomic E-state index is 12.8. The van der Waals surface area contributed by atoms with E-state index in [1.807, 2.05) is 30.3 Å². The number of hydrogen-bond acceptors (Lipinski definition) is 5. The smallest absolute Gasteiger partial charge is 0.323 e. The number of anilines is 1. The second-order valence-corrected chi connectivity index (χ2v) is 7.22. The van der Waals surface area contributed by atoms with Gasteiger partial charge in [-0.1, -0.05) is 18.2 Å². The number of benzene rings is 2. The predicted molar refractivity (Wildman–Crippen MR) is 118 cm³/mol. The zero-order chi connectivity index (χ0) is 22.7. The summed E-state index contributed by atoms with van der Waals surface area (Å²) in [5.74, 6) is -2.93. The van der Waals surface area contributed by atoms with Crippen molar-refractivity contribution in [2.75, 3.05) is 24.5 Å². The highest BCUT2D eigenvalue weighted by Crippen LogP contribution is 2.29. The van der Waals surface area contributed by atoms with Crippen molar-refractivity contribution in [3.63, 3.8) is 0 Å². The molecule has 0 saturated heterocycles. The van der Waals surface area contributed by atoms with Crippen LogP contribution in [0.4, 0.5) is 5.69 Å². The van der Waals surface area contributed by atoms with E-state index in [1.165, 1.54) is 6.92 Å². The fraction of sp³-hybridized carbons (Fsp3) is 0.250. The van der Waals surface area contributed by atoms with Crippen LogP contribution in [-0.4, -0.2) is 47.4 Å². The third kappa shape index (κ3) is 4.19. The van der Waals surface area contributed by atoms with Crippen LogP contribution in [0.15, 0.2) is 53.1 Å². The summed E-state index contributed by atoms with van der Waals surface area (Å²) in [6, 6.07) is 13.7. The molecule has 0 aromatic heterocycles. The highest BCUT2D eigenvalue weighted by atomic mass is 16.4. The van der Waals surface area contributed by atoms with E-state index in [0.717, 1.165) is 29.5 Å². The molecule has 0 aliphatic carbocycles. The van der Waals surface area contributed by atoms with Crippen molar-refractivity contribution in [3.05, 3.63) is 58.7 Å². The summed E-state index contributed by atoms with van der Waals surface area (Å²) in [4.78, 5) is 39.1. The van der Waals surface area contributed by atoms with Gasteiger partial charge in [-0.15, -0.1) is 0 Å². The largest absolute Gasteiger partial charge is 0.480 e. The number of nitrogens with zero attached hydrogens (tertiary/aromatic N) is 3. The number of imide groups is 1. The minimum Gasteiger partial charge on any atom is -0.480 e. The molecule has 0 bridgehead atoms. The second kappa shape index (κ2) is 8.84. The monoisotopic (exact) mass is 417 g/mol. The maximum Gasteiger partial charge on any atom is 0.323 e. The van der Waals surface area contributed by atoms with E-state index in [2.05, 4.69) is 24.8 Å². The van der Waals surface area contributed by atoms with Crippen molar-refractivity contribution in [1.29, 1.82) is 5.26 Å². The van der Waals surface area contributed by atoms with Gasteiger partial charge in [0, 0.05) is 24.4 Å². The molecule has 2 aromatic rings. The number of hydrogen-bond donors (Lipinski definition) is 1. The van der Waals surface area contributed by atoms with Crippen molar-refractivity contribution in [2.45, 2.75) is 20.8 Å². The Kier molecular flexibility index (Phi) is 6.21. The zero-order valence-electron chi connectivity index (χ0n) is 17.7. The number of carbonyl (C=O) groups is 3. The van der Waals surface area contributed by atoms with E-state index in [4.69, 9.17) is 5.11 Å². The molecule has 0 saturated carbocycles. The summed E-state index contributed by atoms with van der Waals surface area (Å²) in [5, 5.41) is 20.4. The second-order valence-electron chi connectivity index (χ2n) is 7.22. The average Bonchev–Trinajstić information content (AvgIpc) is 2.75. The maximum atomic E-state index is 12.8. The summed E-state index contributed by atoms with van der Waals surface area (Å²) in [5.41, 5.74) is 2.00. The Morgan fingerprint density at radius 3 is 2.35 bits per heavy atom. The van der Waals surface area contributed by atoms with Crippen molar-refractivity contribution >= 4 is 40.3 Å². The van der Waals surface area contributed by atoms with Crippen LogP contribution in [0.2, 0.25) is 0 Å². The Bertz CT molecular complexity index is 1180. The molecule has 1 N–H and O–H groups in total. The number of rotatable bonds is 6. The number of aliphatic carboxylic acids is 1. The van der Waals surface area contributed by atoms with Crippen LogP contribution in [0.25, 0.3) is 16.8 Å². The van der Waals surface area contributed by atoms with Gasteiger partial charge >= 0.3 is 5.97 Å². The van der Waals surface area contributed by atoms with Gasteiger partial charge in [0.2, 0.25) is 0 Å². The van der Waals surface area contributed by atoms with E-state index in [-0.39, 0.29) is 16.7 Å². The highest BCUT2D eigenvalue weighted by molar-refractivity contribution is 6.20. The minimum atomic E-state index is -1.33. The van der Waals surface area contributed by atoms with Crippen molar-refractivity contribution in [1.82, 2.24) is 4.90 Å². The molecule has 0 radical (unpaired) electrons. The van der Waals surface area contributed by atoms with Gasteiger partial charge in [0.1, 0.15) is 18.2 Å². The molecular weight excluding hydrogens is 394 g/mol. The van der Waals surface area contributed by atoms with Gasteiger partial charge in [0.25, 0.3) is 11.8 Å². The molecule has 0 fully saturated rings. The van der Waals surface area contributed by atoms with Gasteiger partial charge in [-0.3, -0.25) is 19.3 Å². The first-order valence-corrected chi connectivity index (χ1v) is 10.0. The zero-order valence-corrected chi connectivity index (χ0v) is 17.7. The van der Waals surface area contributed by atoms with E-state index in [1.54, 1.807) is 12.1 Å². The van der Waals surface area contributed by atoms with Gasteiger partial charge in [-0.2, -0.15) is 5.26 Å². The summed E-state index contributed by atoms with van der Waals surface area (Å²) in [6.07, 6.45) is 1.59. The molecular formula is C24H23N3O4. The van der Waals surface area contributed by atoms with Crippen LogP contribution in [0.5, 0.6) is 0 Å². The lowest BCUT2D eigenvalue weighted by molar-refractivity contribution is -0.149. The normalized spacial score (nSPS) is 15.5. The third-order valence-electron chi connectivity index (χ3n) is 5.41. The standard InChI is InChI=1S/C24H23N3O4/c1-4-26(5-2)19-9-8-17-10-16(6-7-18(17)12-19)11-20-15(3)21(13-25)24(31)27(23(20)30)14-22(28)29/h6-12H,4-5,14H2,1-3H3,(H,28,29)/b20-11-. The molecule has 7 heteroatoms. The first kappa shape index (κ1) is 21.8. The fourth-order valence-electron chi connectivity index (χ4n) is 3.70. The summed E-state index contributed by atoms with van der Waals surface area (Å²) in [7, 11) is 0. The Morgan fingerprint density at radius 1 is 1.10 bits per heavy atom. The van der Waals surface area contributed by atoms with Gasteiger partial charge in [-0.05, 0) is 67.0 Å². The lowest BCUT2D eigenvalue weighted by Crippen LogP contribution is -2.45. The Labute approximate surface area is 180 Å². The molecule has 3 rings (SSSR count). The molecule has 7 nitrogen and oxygen atoms in total. The minimum absolute atomic E-state index is 0.136. The summed E-state index contributed by atoms with van der Waals surface area (Å²) < 4.78 is 0. The van der Waals surface area contributed by atoms with Crippen LogP contribution in [-0.2, 0) is 14.4 Å². The highest BCUT2D eigenvalue weighted by Gasteiger charge is 2.36. The molecule has 2 amide bonds. The lowest BCUT2D eigenvalue weighted by atomic mass is 9.93. The number of carboxylic acids is 1. The predicted octanol–water partition coefficient (Wildman–Crippen LogP) is 3.36. The number of carboxylic acid groups (broad SMARTS) is 1. The Morgan fingerprint density at radius 2 is 1.74 bits per heavy atom. The van der Waals surface area contributed by atoms with Crippen LogP contribution in [0.3, 0.4) is 0 Å². The van der Waals surface area contributed by atoms with E-state index in [9.17, 15) is 19.6 Å². The SMILES string of the molecule is CCN(CC)c1ccc2cc(/C=C3\C(=O)N(CC(=O)O)C(=O)C(C#N)=C3C)ccc2c1. The number of carbonyl (C=O) groups excluding carboxylic acids is 2. The van der Waals surface area contributed by atoms with Gasteiger partial charge < -0.3 is 10.0 Å². The molecule has 158 valence electrons. The van der Waals surface area contributed by atoms with Gasteiger partial charge in [0.15, 0.2) is 0 Å². The summed E-state index contributed by atoms with van der Waals surface area (Å²) in [6.45, 7) is 6.76. The van der Waals surface area contributed by atoms with Gasteiger partial charge in [0.05, 0.1) is 0 Å². The van der Waals surface area contributed by atoms with Crippen molar-refractivity contribution in [2.24, 2.45) is 0 Å². The average molecular weight is 417 g/mol. The van der Waals surface area contributed by atoms with Crippen LogP contribution >= 0.6 is 0 Å². The molecule has 31 heavy (non-hydrogen) atoms. The summed E-state index contributed by atoms with van der Waals surface area (Å²) >= 11 is 0. The number of amides is 2. The quantitative estimate of drug-likeness (QED) is 0.571. The lowest BCUT2D eigenvalue weighted by Gasteiger charge is -2.26. The van der Waals surface area contributed by atoms with E-state index >= 15 is 0 Å². The molecule has 1 aliphatic heterocycles. The molecule has 2 aromatic carbocycles. The number of fused-ring (bicyclic) bond motifs is 1. The number of nitriles is 1. The van der Waals surface area contributed by atoms with Crippen molar-refractivity contribution in [3.8, 4) is 6.07 Å². The van der Waals surface area contributed by atoms with Crippen molar-refractivity contribution < 1.29 is 19.5 Å². The first-order chi connectivity index (χ1) is 14.8. The molecule has 0 atom stereocenters. The first-order valence-electron chi connectivity index (χ1n) is 10.0. The topological polar surface area (TPSA) is 102 Å². The third-order valence-corrected chi connectivity index (χ3v) is 5.41. The van der Waals surface area contributed by atoms with Gasteiger partial charge in [-0.25, -0.2) is 0 Å². The van der Waals surface area contributed by atoms with E-state index in [0.29, 0.717) is 10.5 Å².